The maximum Gasteiger partial charge on any atom is 0.342 e. The van der Waals surface area contributed by atoms with E-state index in [4.69, 9.17) is 9.47 Å². The van der Waals surface area contributed by atoms with Crippen LogP contribution in [0.25, 0.3) is 0 Å². The number of hydrogen-bond acceptors (Lipinski definition) is 6. The first-order valence-electron chi connectivity index (χ1n) is 7.74. The number of phenols is 2. The molecule has 1 aromatic carbocycles. The molecule has 0 fully saturated rings. The van der Waals surface area contributed by atoms with Crippen LogP contribution >= 0.6 is 0 Å². The second-order valence-corrected chi connectivity index (χ2v) is 5.67. The van der Waals surface area contributed by atoms with Crippen LogP contribution in [0.2, 0.25) is 0 Å². The Hall–Kier alpha value is -2.24. The minimum Gasteiger partial charge on any atom is -0.507 e. The van der Waals surface area contributed by atoms with Crippen molar-refractivity contribution >= 4 is 11.9 Å². The van der Waals surface area contributed by atoms with Crippen LogP contribution in [0.5, 0.6) is 11.5 Å². The fraction of sp³-hybridized carbons (Fsp3) is 0.529. The van der Waals surface area contributed by atoms with E-state index >= 15 is 0 Å². The van der Waals surface area contributed by atoms with Crippen molar-refractivity contribution in [3.63, 3.8) is 0 Å². The number of rotatable bonds is 7. The number of phenolic OH excluding ortho intramolecular Hbond substituents is 2. The molecule has 0 bridgehead atoms. The molecule has 6 heteroatoms. The van der Waals surface area contributed by atoms with Gasteiger partial charge in [0, 0.05) is 0 Å². The monoisotopic (exact) mass is 324 g/mol. The number of ether oxygens (including phenoxy) is 2. The Morgan fingerprint density at radius 2 is 1.57 bits per heavy atom. The number of benzene rings is 1. The molecule has 0 heterocycles. The lowest BCUT2D eigenvalue weighted by molar-refractivity contribution is 0.0240. The van der Waals surface area contributed by atoms with Gasteiger partial charge in [0.05, 0.1) is 6.61 Å². The molecular weight excluding hydrogens is 300 g/mol. The molecule has 0 aliphatic heterocycles. The summed E-state index contributed by atoms with van der Waals surface area (Å²) in [5.74, 6) is -2.02. The average Bonchev–Trinajstić information content (AvgIpc) is 2.47. The van der Waals surface area contributed by atoms with Gasteiger partial charge in [0.1, 0.15) is 28.7 Å². The Morgan fingerprint density at radius 3 is 2.00 bits per heavy atom. The van der Waals surface area contributed by atoms with Gasteiger partial charge in [-0.25, -0.2) is 9.59 Å². The third-order valence-corrected chi connectivity index (χ3v) is 3.29. The second kappa shape index (κ2) is 8.41. The fourth-order valence-corrected chi connectivity index (χ4v) is 2.15. The highest BCUT2D eigenvalue weighted by atomic mass is 16.5. The maximum absolute atomic E-state index is 12.2. The van der Waals surface area contributed by atoms with Crippen molar-refractivity contribution in [3.8, 4) is 11.5 Å². The largest absolute Gasteiger partial charge is 0.507 e. The van der Waals surface area contributed by atoms with Gasteiger partial charge in [0.2, 0.25) is 0 Å². The summed E-state index contributed by atoms with van der Waals surface area (Å²) in [4.78, 5) is 23.8. The van der Waals surface area contributed by atoms with Gasteiger partial charge in [-0.1, -0.05) is 20.8 Å². The van der Waals surface area contributed by atoms with Crippen LogP contribution in [-0.2, 0) is 9.47 Å². The number of carbonyl (C=O) groups is 2. The number of hydrogen-bond donors (Lipinski definition) is 2. The van der Waals surface area contributed by atoms with Gasteiger partial charge in [-0.15, -0.1) is 0 Å². The van der Waals surface area contributed by atoms with Crippen LogP contribution in [-0.4, -0.2) is 34.9 Å². The molecule has 0 radical (unpaired) electrons. The standard InChI is InChI=1S/C17H24O6/c1-5-11(7-10(3)4)23-17(21)13-9-14(18)12(8-15(13)19)16(20)22-6-2/h8-11,18-19H,5-7H2,1-4H3. The van der Waals surface area contributed by atoms with Crippen molar-refractivity contribution in [2.45, 2.75) is 46.6 Å². The Labute approximate surface area is 136 Å². The molecular formula is C17H24O6. The summed E-state index contributed by atoms with van der Waals surface area (Å²) in [5.41, 5.74) is -0.382. The number of carbonyl (C=O) groups excluding carboxylic acids is 2. The molecule has 1 unspecified atom stereocenters. The summed E-state index contributed by atoms with van der Waals surface area (Å²) in [6, 6.07) is 2.03. The molecule has 2 N–H and O–H groups in total. The summed E-state index contributed by atoms with van der Waals surface area (Å²) in [6.45, 7) is 7.71. The molecule has 0 aliphatic carbocycles. The fourth-order valence-electron chi connectivity index (χ4n) is 2.15. The molecule has 0 aliphatic rings. The Balaban J connectivity index is 2.98. The van der Waals surface area contributed by atoms with E-state index in [0.29, 0.717) is 18.8 Å². The van der Waals surface area contributed by atoms with Gasteiger partial charge in [-0.3, -0.25) is 0 Å². The summed E-state index contributed by atoms with van der Waals surface area (Å²) in [5, 5.41) is 19.8. The first-order chi connectivity index (χ1) is 10.8. The normalized spacial score (nSPS) is 12.0. The lowest BCUT2D eigenvalue weighted by Crippen LogP contribution is -2.19. The Morgan fingerprint density at radius 1 is 1.04 bits per heavy atom. The maximum atomic E-state index is 12.2. The van der Waals surface area contributed by atoms with Crippen LogP contribution in [0.4, 0.5) is 0 Å². The van der Waals surface area contributed by atoms with Gasteiger partial charge in [0.15, 0.2) is 0 Å². The molecule has 0 aromatic heterocycles. The lowest BCUT2D eigenvalue weighted by atomic mass is 10.0. The lowest BCUT2D eigenvalue weighted by Gasteiger charge is -2.18. The van der Waals surface area contributed by atoms with Crippen LogP contribution in [0.15, 0.2) is 12.1 Å². The highest BCUT2D eigenvalue weighted by molar-refractivity contribution is 5.98. The minimum atomic E-state index is -0.772. The van der Waals surface area contributed by atoms with E-state index in [1.165, 1.54) is 0 Å². The van der Waals surface area contributed by atoms with Gasteiger partial charge in [0.25, 0.3) is 0 Å². The van der Waals surface area contributed by atoms with E-state index in [2.05, 4.69) is 0 Å². The van der Waals surface area contributed by atoms with Crippen molar-refractivity contribution in [2.24, 2.45) is 5.92 Å². The first-order valence-corrected chi connectivity index (χ1v) is 7.74. The Bertz CT molecular complexity index is 564. The number of aromatic hydroxyl groups is 2. The summed E-state index contributed by atoms with van der Waals surface area (Å²) >= 11 is 0. The van der Waals surface area contributed by atoms with Crippen molar-refractivity contribution in [2.75, 3.05) is 6.61 Å². The molecule has 1 aromatic rings. The topological polar surface area (TPSA) is 93.1 Å². The average molecular weight is 324 g/mol. The SMILES string of the molecule is CCOC(=O)c1cc(O)c(C(=O)OC(CC)CC(C)C)cc1O. The molecule has 1 atom stereocenters. The first kappa shape index (κ1) is 18.8. The van der Waals surface area contributed by atoms with Crippen LogP contribution in [0, 0.1) is 5.92 Å². The highest BCUT2D eigenvalue weighted by Gasteiger charge is 2.23. The van der Waals surface area contributed by atoms with E-state index < -0.39 is 23.4 Å². The van der Waals surface area contributed by atoms with Gasteiger partial charge in [-0.05, 0) is 37.8 Å². The summed E-state index contributed by atoms with van der Waals surface area (Å²) in [6.07, 6.45) is 1.08. The molecule has 1 rings (SSSR count). The highest BCUT2D eigenvalue weighted by Crippen LogP contribution is 2.29. The van der Waals surface area contributed by atoms with Crippen molar-refractivity contribution in [1.29, 1.82) is 0 Å². The summed E-state index contributed by atoms with van der Waals surface area (Å²) in [7, 11) is 0. The summed E-state index contributed by atoms with van der Waals surface area (Å²) < 4.78 is 10.1. The van der Waals surface area contributed by atoms with Crippen LogP contribution in [0.3, 0.4) is 0 Å². The van der Waals surface area contributed by atoms with Gasteiger partial charge < -0.3 is 19.7 Å². The van der Waals surface area contributed by atoms with E-state index in [0.717, 1.165) is 12.1 Å². The third kappa shape index (κ3) is 5.16. The predicted octanol–water partition coefficient (Wildman–Crippen LogP) is 3.26. The molecule has 23 heavy (non-hydrogen) atoms. The van der Waals surface area contributed by atoms with E-state index in [1.807, 2.05) is 20.8 Å². The zero-order valence-corrected chi connectivity index (χ0v) is 14.0. The molecule has 0 saturated heterocycles. The third-order valence-electron chi connectivity index (χ3n) is 3.29. The van der Waals surface area contributed by atoms with Crippen molar-refractivity contribution in [3.05, 3.63) is 23.3 Å². The van der Waals surface area contributed by atoms with E-state index in [-0.39, 0.29) is 23.8 Å². The minimum absolute atomic E-state index is 0.135. The van der Waals surface area contributed by atoms with E-state index in [9.17, 15) is 19.8 Å². The number of esters is 2. The van der Waals surface area contributed by atoms with Crippen LogP contribution in [0.1, 0.15) is 61.3 Å². The quantitative estimate of drug-likeness (QED) is 0.591. The molecule has 0 amide bonds. The van der Waals surface area contributed by atoms with Crippen molar-refractivity contribution < 1.29 is 29.3 Å². The van der Waals surface area contributed by atoms with E-state index in [1.54, 1.807) is 6.92 Å². The van der Waals surface area contributed by atoms with Gasteiger partial charge in [-0.2, -0.15) is 0 Å². The molecule has 128 valence electrons. The zero-order valence-electron chi connectivity index (χ0n) is 14.0. The second-order valence-electron chi connectivity index (χ2n) is 5.67. The smallest absolute Gasteiger partial charge is 0.342 e. The Kier molecular flexibility index (Phi) is 6.88. The van der Waals surface area contributed by atoms with Crippen LogP contribution < -0.4 is 0 Å². The zero-order chi connectivity index (χ0) is 17.6. The molecule has 0 saturated carbocycles. The molecule has 6 nitrogen and oxygen atoms in total. The molecule has 0 spiro atoms. The van der Waals surface area contributed by atoms with Gasteiger partial charge >= 0.3 is 11.9 Å². The predicted molar refractivity (Wildman–Crippen MR) is 84.7 cm³/mol. The van der Waals surface area contributed by atoms with Crippen molar-refractivity contribution in [1.82, 2.24) is 0 Å².